The van der Waals surface area contributed by atoms with E-state index in [1.54, 1.807) is 11.9 Å². The van der Waals surface area contributed by atoms with Crippen LogP contribution in [0.1, 0.15) is 11.1 Å². The van der Waals surface area contributed by atoms with Crippen LogP contribution in [0.2, 0.25) is 0 Å². The van der Waals surface area contributed by atoms with Crippen LogP contribution in [0.3, 0.4) is 0 Å². The summed E-state index contributed by atoms with van der Waals surface area (Å²) in [5.74, 6) is 0. The van der Waals surface area contributed by atoms with Gasteiger partial charge in [0, 0.05) is 25.7 Å². The second kappa shape index (κ2) is 6.35. The summed E-state index contributed by atoms with van der Waals surface area (Å²) in [6.07, 6.45) is 0. The van der Waals surface area contributed by atoms with Gasteiger partial charge in [-0.25, -0.2) is 13.6 Å². The third kappa shape index (κ3) is 3.85. The van der Waals surface area contributed by atoms with Gasteiger partial charge < -0.3 is 4.90 Å². The number of nitro benzene ring substituents is 1. The summed E-state index contributed by atoms with van der Waals surface area (Å²) in [4.78, 5) is 11.6. The maximum Gasteiger partial charge on any atom is 0.270 e. The molecule has 0 aliphatic rings. The van der Waals surface area contributed by atoms with E-state index in [0.29, 0.717) is 12.2 Å². The minimum Gasteiger partial charge on any atom is -0.369 e. The first-order valence-electron chi connectivity index (χ1n) is 6.77. The molecule has 2 N–H and O–H groups in total. The van der Waals surface area contributed by atoms with Crippen molar-refractivity contribution >= 4 is 21.4 Å². The summed E-state index contributed by atoms with van der Waals surface area (Å²) in [6, 6.07) is 11.4. The van der Waals surface area contributed by atoms with Gasteiger partial charge in [0.15, 0.2) is 0 Å². The fraction of sp³-hybridized carbons (Fsp3) is 0.200. The third-order valence-electron chi connectivity index (χ3n) is 3.54. The lowest BCUT2D eigenvalue weighted by Gasteiger charge is -2.22. The van der Waals surface area contributed by atoms with E-state index >= 15 is 0 Å². The normalized spacial score (nSPS) is 11.3. The third-order valence-corrected chi connectivity index (χ3v) is 4.48. The molecule has 0 atom stereocenters. The Kier molecular flexibility index (Phi) is 4.67. The molecule has 0 aliphatic carbocycles. The van der Waals surface area contributed by atoms with E-state index in [1.807, 2.05) is 31.2 Å². The fourth-order valence-corrected chi connectivity index (χ4v) is 3.09. The van der Waals surface area contributed by atoms with Crippen molar-refractivity contribution in [1.29, 1.82) is 0 Å². The van der Waals surface area contributed by atoms with Gasteiger partial charge in [-0.15, -0.1) is 0 Å². The van der Waals surface area contributed by atoms with E-state index in [2.05, 4.69) is 0 Å². The number of nitro groups is 1. The van der Waals surface area contributed by atoms with E-state index in [0.717, 1.165) is 17.2 Å². The molecule has 0 heterocycles. The molecule has 7 nitrogen and oxygen atoms in total. The SMILES string of the molecule is Cc1ccccc1CN(C)c1ccc([N+](=O)[O-])cc1S(N)(=O)=O. The Morgan fingerprint density at radius 3 is 2.43 bits per heavy atom. The zero-order valence-corrected chi connectivity index (χ0v) is 13.6. The van der Waals surface area contributed by atoms with Gasteiger partial charge in [0.1, 0.15) is 4.90 Å². The van der Waals surface area contributed by atoms with Crippen molar-refractivity contribution in [2.45, 2.75) is 18.4 Å². The number of nitrogens with zero attached hydrogens (tertiary/aromatic N) is 2. The van der Waals surface area contributed by atoms with Crippen LogP contribution in [0.5, 0.6) is 0 Å². The highest BCUT2D eigenvalue weighted by Gasteiger charge is 2.21. The van der Waals surface area contributed by atoms with Gasteiger partial charge in [0.05, 0.1) is 10.6 Å². The zero-order valence-electron chi connectivity index (χ0n) is 12.8. The standard InChI is InChI=1S/C15H17N3O4S/c1-11-5-3-4-6-12(11)10-17(2)14-8-7-13(18(19)20)9-15(14)23(16,21)22/h3-9H,10H2,1-2H3,(H2,16,21,22). The lowest BCUT2D eigenvalue weighted by atomic mass is 10.1. The van der Waals surface area contributed by atoms with Gasteiger partial charge in [0.2, 0.25) is 10.0 Å². The first-order valence-corrected chi connectivity index (χ1v) is 8.31. The lowest BCUT2D eigenvalue weighted by molar-refractivity contribution is -0.385. The van der Waals surface area contributed by atoms with Crippen LogP contribution in [0.4, 0.5) is 11.4 Å². The molecule has 2 rings (SSSR count). The van der Waals surface area contributed by atoms with Crippen molar-refractivity contribution in [2.24, 2.45) is 5.14 Å². The van der Waals surface area contributed by atoms with Crippen LogP contribution in [0.15, 0.2) is 47.4 Å². The molecule has 0 unspecified atom stereocenters. The van der Waals surface area contributed by atoms with E-state index in [1.165, 1.54) is 12.1 Å². The van der Waals surface area contributed by atoms with Gasteiger partial charge in [-0.05, 0) is 24.1 Å². The Morgan fingerprint density at radius 2 is 1.87 bits per heavy atom. The molecule has 0 aliphatic heterocycles. The Labute approximate surface area is 134 Å². The summed E-state index contributed by atoms with van der Waals surface area (Å²) in [6.45, 7) is 2.41. The number of anilines is 1. The van der Waals surface area contributed by atoms with Crippen molar-refractivity contribution < 1.29 is 13.3 Å². The number of hydrogen-bond acceptors (Lipinski definition) is 5. The molecule has 0 amide bonds. The van der Waals surface area contributed by atoms with Crippen LogP contribution in [-0.4, -0.2) is 20.4 Å². The number of benzene rings is 2. The van der Waals surface area contributed by atoms with Crippen LogP contribution >= 0.6 is 0 Å². The highest BCUT2D eigenvalue weighted by atomic mass is 32.2. The molecule has 23 heavy (non-hydrogen) atoms. The molecule has 0 bridgehead atoms. The van der Waals surface area contributed by atoms with Gasteiger partial charge in [-0.2, -0.15) is 0 Å². The molecule has 2 aromatic rings. The van der Waals surface area contributed by atoms with Crippen molar-refractivity contribution in [3.63, 3.8) is 0 Å². The Hall–Kier alpha value is -2.45. The Balaban J connectivity index is 2.46. The van der Waals surface area contributed by atoms with Crippen LogP contribution in [0.25, 0.3) is 0 Å². The van der Waals surface area contributed by atoms with Gasteiger partial charge in [-0.1, -0.05) is 24.3 Å². The van der Waals surface area contributed by atoms with Crippen LogP contribution in [0, 0.1) is 17.0 Å². The summed E-state index contributed by atoms with van der Waals surface area (Å²) >= 11 is 0. The summed E-state index contributed by atoms with van der Waals surface area (Å²) in [7, 11) is -2.37. The monoisotopic (exact) mass is 335 g/mol. The predicted molar refractivity (Wildman–Crippen MR) is 87.8 cm³/mol. The predicted octanol–water partition coefficient (Wildman–Crippen LogP) is 2.19. The molecule has 0 fully saturated rings. The first-order chi connectivity index (χ1) is 10.7. The Bertz CT molecular complexity index is 850. The van der Waals surface area contributed by atoms with E-state index in [-0.39, 0.29) is 10.6 Å². The molecule has 8 heteroatoms. The minimum absolute atomic E-state index is 0.261. The largest absolute Gasteiger partial charge is 0.369 e. The molecular weight excluding hydrogens is 318 g/mol. The maximum atomic E-state index is 11.8. The second-order valence-corrected chi connectivity index (χ2v) is 6.77. The molecule has 0 saturated carbocycles. The zero-order chi connectivity index (χ0) is 17.2. The molecular formula is C15H17N3O4S. The fourth-order valence-electron chi connectivity index (χ4n) is 2.29. The Morgan fingerprint density at radius 1 is 1.22 bits per heavy atom. The molecule has 2 aromatic carbocycles. The number of non-ortho nitro benzene ring substituents is 1. The summed E-state index contributed by atoms with van der Waals surface area (Å²) in [5.41, 5.74) is 2.09. The quantitative estimate of drug-likeness (QED) is 0.666. The van der Waals surface area contributed by atoms with E-state index < -0.39 is 14.9 Å². The molecule has 0 saturated heterocycles. The van der Waals surface area contributed by atoms with E-state index in [9.17, 15) is 18.5 Å². The van der Waals surface area contributed by atoms with Crippen LogP contribution in [-0.2, 0) is 16.6 Å². The molecule has 0 aromatic heterocycles. The van der Waals surface area contributed by atoms with Crippen LogP contribution < -0.4 is 10.0 Å². The van der Waals surface area contributed by atoms with E-state index in [4.69, 9.17) is 5.14 Å². The molecule has 0 radical (unpaired) electrons. The van der Waals surface area contributed by atoms with Crippen molar-refractivity contribution in [2.75, 3.05) is 11.9 Å². The second-order valence-electron chi connectivity index (χ2n) is 5.24. The van der Waals surface area contributed by atoms with Gasteiger partial charge in [-0.3, -0.25) is 10.1 Å². The number of primary sulfonamides is 1. The average molecular weight is 335 g/mol. The van der Waals surface area contributed by atoms with Gasteiger partial charge in [0.25, 0.3) is 5.69 Å². The minimum atomic E-state index is -4.08. The number of hydrogen-bond donors (Lipinski definition) is 1. The first kappa shape index (κ1) is 16.9. The number of sulfonamides is 1. The number of nitrogens with two attached hydrogens (primary N) is 1. The number of rotatable bonds is 5. The highest BCUT2D eigenvalue weighted by Crippen LogP contribution is 2.29. The molecule has 122 valence electrons. The average Bonchev–Trinajstić information content (AvgIpc) is 2.48. The maximum absolute atomic E-state index is 11.8. The van der Waals surface area contributed by atoms with Gasteiger partial charge >= 0.3 is 0 Å². The summed E-state index contributed by atoms with van der Waals surface area (Å²) in [5, 5.41) is 16.1. The topological polar surface area (TPSA) is 107 Å². The number of aryl methyl sites for hydroxylation is 1. The van der Waals surface area contributed by atoms with Crippen molar-refractivity contribution in [1.82, 2.24) is 0 Å². The smallest absolute Gasteiger partial charge is 0.270 e. The van der Waals surface area contributed by atoms with Crippen molar-refractivity contribution in [3.8, 4) is 0 Å². The molecule has 0 spiro atoms. The highest BCUT2D eigenvalue weighted by molar-refractivity contribution is 7.89. The summed E-state index contributed by atoms with van der Waals surface area (Å²) < 4.78 is 23.6. The lowest BCUT2D eigenvalue weighted by Crippen LogP contribution is -2.22. The van der Waals surface area contributed by atoms with Crippen molar-refractivity contribution in [3.05, 3.63) is 63.7 Å².